The Bertz CT molecular complexity index is 1020. The number of hydrogen-bond acceptors (Lipinski definition) is 7. The Morgan fingerprint density at radius 2 is 2.00 bits per heavy atom. The maximum atomic E-state index is 13.4. The van der Waals surface area contributed by atoms with E-state index in [2.05, 4.69) is 15.3 Å². The maximum absolute atomic E-state index is 13.4. The van der Waals surface area contributed by atoms with Crippen LogP contribution in [0.2, 0.25) is 0 Å². The zero-order valence-corrected chi connectivity index (χ0v) is 13.8. The molecule has 0 aliphatic heterocycles. The first-order valence-electron chi connectivity index (χ1n) is 6.62. The van der Waals surface area contributed by atoms with Gasteiger partial charge in [-0.15, -0.1) is 11.3 Å². The van der Waals surface area contributed by atoms with E-state index in [0.717, 1.165) is 23.6 Å². The number of allylic oxidation sites excluding steroid dienone is 1. The van der Waals surface area contributed by atoms with E-state index in [1.807, 2.05) is 0 Å². The molecule has 25 heavy (non-hydrogen) atoms. The fourth-order valence-electron chi connectivity index (χ4n) is 1.96. The van der Waals surface area contributed by atoms with Gasteiger partial charge >= 0.3 is 6.18 Å². The molecule has 10 heteroatoms. The third-order valence-electron chi connectivity index (χ3n) is 3.02. The predicted molar refractivity (Wildman–Crippen MR) is 88.7 cm³/mol. The molecule has 124 valence electrons. The number of hydrogen-bond donors (Lipinski definition) is 1. The highest BCUT2D eigenvalue weighted by molar-refractivity contribution is 7.22. The number of nitrogens with zero attached hydrogens (tertiary/aromatic N) is 4. The van der Waals surface area contributed by atoms with Crippen molar-refractivity contribution in [2.45, 2.75) is 6.18 Å². The van der Waals surface area contributed by atoms with Gasteiger partial charge in [0.25, 0.3) is 0 Å². The largest absolute Gasteiger partial charge is 0.417 e. The minimum absolute atomic E-state index is 0.0467. The van der Waals surface area contributed by atoms with Crippen LogP contribution in [-0.2, 0) is 6.18 Å². The number of thiophene rings is 1. The molecule has 3 aromatic heterocycles. The first-order valence-corrected chi connectivity index (χ1v) is 8.31. The topological polar surface area (TPSA) is 85.4 Å². The third kappa shape index (κ3) is 3.45. The third-order valence-corrected chi connectivity index (χ3v) is 4.92. The quantitative estimate of drug-likeness (QED) is 0.664. The molecule has 0 amide bonds. The van der Waals surface area contributed by atoms with Gasteiger partial charge in [0.1, 0.15) is 17.7 Å². The van der Waals surface area contributed by atoms with Crippen molar-refractivity contribution in [1.82, 2.24) is 9.97 Å². The molecule has 0 saturated carbocycles. The number of alkyl halides is 3. The molecule has 1 N–H and O–H groups in total. The Morgan fingerprint density at radius 1 is 1.24 bits per heavy atom. The number of anilines is 1. The highest BCUT2D eigenvalue weighted by Crippen LogP contribution is 2.40. The summed E-state index contributed by atoms with van der Waals surface area (Å²) in [5.41, 5.74) is -0.898. The molecule has 0 unspecified atom stereocenters. The van der Waals surface area contributed by atoms with Crippen LogP contribution in [0.25, 0.3) is 20.9 Å². The van der Waals surface area contributed by atoms with Crippen molar-refractivity contribution in [2.24, 2.45) is 0 Å². The highest BCUT2D eigenvalue weighted by atomic mass is 32.1. The van der Waals surface area contributed by atoms with Crippen LogP contribution < -0.4 is 5.32 Å². The molecule has 0 aliphatic carbocycles. The normalized spacial score (nSPS) is 10.9. The first kappa shape index (κ1) is 16.9. The van der Waals surface area contributed by atoms with Gasteiger partial charge in [-0.05, 0) is 17.5 Å². The van der Waals surface area contributed by atoms with Gasteiger partial charge in [0.2, 0.25) is 0 Å². The van der Waals surface area contributed by atoms with Gasteiger partial charge < -0.3 is 5.32 Å². The van der Waals surface area contributed by atoms with Crippen molar-refractivity contribution < 1.29 is 13.2 Å². The zero-order valence-electron chi connectivity index (χ0n) is 12.1. The minimum Gasteiger partial charge on any atom is -0.336 e. The summed E-state index contributed by atoms with van der Waals surface area (Å²) in [5.74, 6) is 0. The summed E-state index contributed by atoms with van der Waals surface area (Å²) in [4.78, 5) is 8.84. The number of nitriles is 2. The van der Waals surface area contributed by atoms with Crippen LogP contribution in [0.5, 0.6) is 0 Å². The molecule has 0 saturated heterocycles. The van der Waals surface area contributed by atoms with Gasteiger partial charge in [-0.25, -0.2) is 4.98 Å². The molecule has 5 nitrogen and oxygen atoms in total. The van der Waals surface area contributed by atoms with Crippen LogP contribution in [0.15, 0.2) is 35.4 Å². The lowest BCUT2D eigenvalue weighted by Gasteiger charge is -2.08. The van der Waals surface area contributed by atoms with Crippen LogP contribution in [-0.4, -0.2) is 9.97 Å². The van der Waals surface area contributed by atoms with E-state index >= 15 is 0 Å². The Morgan fingerprint density at radius 3 is 2.60 bits per heavy atom. The lowest BCUT2D eigenvalue weighted by Crippen LogP contribution is -2.06. The molecule has 0 bridgehead atoms. The van der Waals surface area contributed by atoms with Gasteiger partial charge in [0.05, 0.1) is 20.8 Å². The van der Waals surface area contributed by atoms with Crippen LogP contribution in [0, 0.1) is 22.7 Å². The standard InChI is InChI=1S/C15H6F3N5S2/c16-15(17,18)9-4-10(11-2-1-3-24-11)22-13-12(9)25-14(23-13)21-7-8(5-19)6-20/h1-4,7H,(H,21,22,23). The molecule has 0 fully saturated rings. The van der Waals surface area contributed by atoms with Crippen LogP contribution in [0.4, 0.5) is 18.3 Å². The molecular formula is C15H6F3N5S2. The molecule has 0 radical (unpaired) electrons. The fraction of sp³-hybridized carbons (Fsp3) is 0.0667. The number of rotatable bonds is 3. The van der Waals surface area contributed by atoms with Gasteiger partial charge in [-0.1, -0.05) is 17.4 Å². The average molecular weight is 377 g/mol. The van der Waals surface area contributed by atoms with E-state index in [1.165, 1.54) is 11.3 Å². The highest BCUT2D eigenvalue weighted by Gasteiger charge is 2.35. The van der Waals surface area contributed by atoms with Crippen molar-refractivity contribution in [1.29, 1.82) is 10.5 Å². The van der Waals surface area contributed by atoms with Crippen LogP contribution >= 0.6 is 22.7 Å². The predicted octanol–water partition coefficient (Wildman–Crippen LogP) is 4.78. The Hall–Kier alpha value is -2.95. The fourth-order valence-corrected chi connectivity index (χ4v) is 3.55. The smallest absolute Gasteiger partial charge is 0.336 e. The lowest BCUT2D eigenvalue weighted by atomic mass is 10.2. The van der Waals surface area contributed by atoms with Crippen molar-refractivity contribution >= 4 is 38.2 Å². The summed E-state index contributed by atoms with van der Waals surface area (Å²) < 4.78 is 40.1. The second kappa shape index (κ2) is 6.51. The van der Waals surface area contributed by atoms with E-state index in [-0.39, 0.29) is 26.7 Å². The van der Waals surface area contributed by atoms with Gasteiger partial charge in [0, 0.05) is 6.20 Å². The summed E-state index contributed by atoms with van der Waals surface area (Å²) in [7, 11) is 0. The summed E-state index contributed by atoms with van der Waals surface area (Å²) in [6.07, 6.45) is -3.47. The average Bonchev–Trinajstić information content (AvgIpc) is 3.23. The van der Waals surface area contributed by atoms with Crippen molar-refractivity contribution in [2.75, 3.05) is 5.32 Å². The zero-order chi connectivity index (χ0) is 18.0. The molecule has 0 aromatic carbocycles. The Labute approximate surface area is 147 Å². The summed E-state index contributed by atoms with van der Waals surface area (Å²) in [5, 5.41) is 21.8. The second-order valence-corrected chi connectivity index (χ2v) is 6.57. The molecule has 3 heterocycles. The first-order chi connectivity index (χ1) is 11.9. The maximum Gasteiger partial charge on any atom is 0.417 e. The molecule has 0 spiro atoms. The number of nitrogens with one attached hydrogen (secondary N) is 1. The van der Waals surface area contributed by atoms with Crippen molar-refractivity contribution in [3.05, 3.63) is 40.9 Å². The van der Waals surface area contributed by atoms with Gasteiger partial charge in [0.15, 0.2) is 10.8 Å². The summed E-state index contributed by atoms with van der Waals surface area (Å²) >= 11 is 2.03. The van der Waals surface area contributed by atoms with Gasteiger partial charge in [-0.3, -0.25) is 0 Å². The number of pyridine rings is 1. The monoisotopic (exact) mass is 377 g/mol. The minimum atomic E-state index is -4.56. The van der Waals surface area contributed by atoms with Gasteiger partial charge in [-0.2, -0.15) is 28.7 Å². The Kier molecular flexibility index (Phi) is 4.40. The lowest BCUT2D eigenvalue weighted by molar-refractivity contribution is -0.136. The molecule has 0 aliphatic rings. The summed E-state index contributed by atoms with van der Waals surface area (Å²) in [6, 6.07) is 7.69. The van der Waals surface area contributed by atoms with E-state index in [4.69, 9.17) is 10.5 Å². The SMILES string of the molecule is N#CC(C#N)=CNc1nc2nc(-c3cccs3)cc(C(F)(F)F)c2s1. The van der Waals surface area contributed by atoms with E-state index in [9.17, 15) is 13.2 Å². The Balaban J connectivity index is 2.13. The summed E-state index contributed by atoms with van der Waals surface area (Å²) in [6.45, 7) is 0. The number of thiazole rings is 1. The molecule has 0 atom stereocenters. The van der Waals surface area contributed by atoms with Crippen molar-refractivity contribution in [3.8, 4) is 22.7 Å². The number of halogens is 3. The molecule has 3 aromatic rings. The van der Waals surface area contributed by atoms with E-state index < -0.39 is 11.7 Å². The van der Waals surface area contributed by atoms with E-state index in [0.29, 0.717) is 4.88 Å². The number of fused-ring (bicyclic) bond motifs is 1. The number of aromatic nitrogens is 2. The van der Waals surface area contributed by atoms with Crippen molar-refractivity contribution in [3.63, 3.8) is 0 Å². The van der Waals surface area contributed by atoms with Crippen LogP contribution in [0.1, 0.15) is 5.56 Å². The second-order valence-electron chi connectivity index (χ2n) is 4.63. The molecular weight excluding hydrogens is 371 g/mol. The van der Waals surface area contributed by atoms with Crippen LogP contribution in [0.3, 0.4) is 0 Å². The molecule has 3 rings (SSSR count). The van der Waals surface area contributed by atoms with E-state index in [1.54, 1.807) is 29.7 Å².